The maximum Gasteiger partial charge on any atom is 0.166 e. The zero-order valence-electron chi connectivity index (χ0n) is 8.06. The summed E-state index contributed by atoms with van der Waals surface area (Å²) < 4.78 is 2.99. The second-order valence-electron chi connectivity index (χ2n) is 3.31. The third-order valence-corrected chi connectivity index (χ3v) is 2.78. The van der Waals surface area contributed by atoms with Gasteiger partial charge in [0.1, 0.15) is 0 Å². The zero-order valence-corrected chi connectivity index (χ0v) is 9.65. The van der Waals surface area contributed by atoms with Crippen LogP contribution < -0.4 is 0 Å². The molecule has 0 bridgehead atoms. The Hall–Kier alpha value is -1.35. The van der Waals surface area contributed by atoms with Crippen LogP contribution in [0.3, 0.4) is 0 Å². The molecule has 1 aromatic carbocycles. The van der Waals surface area contributed by atoms with Crippen molar-refractivity contribution in [3.05, 3.63) is 58.3 Å². The molecule has 1 heterocycles. The molecule has 15 heavy (non-hydrogen) atoms. The summed E-state index contributed by atoms with van der Waals surface area (Å²) in [4.78, 5) is 10.7. The smallest absolute Gasteiger partial charge is 0.166 e. The van der Waals surface area contributed by atoms with Crippen molar-refractivity contribution in [1.29, 1.82) is 0 Å². The Morgan fingerprint density at radius 2 is 1.93 bits per heavy atom. The van der Waals surface area contributed by atoms with Gasteiger partial charge in [0.15, 0.2) is 6.29 Å². The Morgan fingerprint density at radius 1 is 1.20 bits per heavy atom. The van der Waals surface area contributed by atoms with Crippen molar-refractivity contribution >= 4 is 22.2 Å². The minimum Gasteiger partial charge on any atom is -0.341 e. The Balaban J connectivity index is 2.21. The Morgan fingerprint density at radius 3 is 2.60 bits per heavy atom. The summed E-state index contributed by atoms with van der Waals surface area (Å²) in [6.45, 7) is 0.731. The highest BCUT2D eigenvalue weighted by atomic mass is 79.9. The molecule has 0 atom stereocenters. The van der Waals surface area contributed by atoms with Crippen molar-refractivity contribution in [3.63, 3.8) is 0 Å². The molecule has 2 aromatic rings. The van der Waals surface area contributed by atoms with Crippen molar-refractivity contribution in [2.45, 2.75) is 6.54 Å². The normalized spacial score (nSPS) is 10.2. The summed E-state index contributed by atoms with van der Waals surface area (Å²) in [5.41, 5.74) is 1.88. The molecule has 76 valence electrons. The maximum absolute atomic E-state index is 10.7. The summed E-state index contributed by atoms with van der Waals surface area (Å²) in [6.07, 6.45) is 2.78. The predicted molar refractivity (Wildman–Crippen MR) is 63.1 cm³/mol. The van der Waals surface area contributed by atoms with Crippen LogP contribution in [0.5, 0.6) is 0 Å². The number of carbonyl (C=O) groups is 1. The van der Waals surface area contributed by atoms with Crippen LogP contribution in [0, 0.1) is 0 Å². The van der Waals surface area contributed by atoms with Crippen LogP contribution in [-0.2, 0) is 6.54 Å². The molecule has 0 unspecified atom stereocenters. The summed E-state index contributed by atoms with van der Waals surface area (Å²) in [5, 5.41) is 0. The molecule has 3 heteroatoms. The van der Waals surface area contributed by atoms with E-state index >= 15 is 0 Å². The predicted octanol–water partition coefficient (Wildman–Crippen LogP) is 3.11. The van der Waals surface area contributed by atoms with Crippen LogP contribution >= 0.6 is 15.9 Å². The lowest BCUT2D eigenvalue weighted by atomic mass is 10.2. The van der Waals surface area contributed by atoms with Gasteiger partial charge in [0.2, 0.25) is 0 Å². The Labute approximate surface area is 96.7 Å². The van der Waals surface area contributed by atoms with E-state index in [0.29, 0.717) is 5.69 Å². The molecule has 2 rings (SSSR count). The minimum absolute atomic E-state index is 0.706. The van der Waals surface area contributed by atoms with Gasteiger partial charge in [-0.25, -0.2) is 0 Å². The van der Waals surface area contributed by atoms with Gasteiger partial charge in [0, 0.05) is 17.2 Å². The van der Waals surface area contributed by atoms with Gasteiger partial charge in [-0.2, -0.15) is 0 Å². The summed E-state index contributed by atoms with van der Waals surface area (Å²) in [6, 6.07) is 11.8. The second-order valence-corrected chi connectivity index (χ2v) is 4.22. The van der Waals surface area contributed by atoms with E-state index in [1.54, 1.807) is 0 Å². The third-order valence-electron chi connectivity index (χ3n) is 2.25. The molecule has 0 aliphatic carbocycles. The average molecular weight is 264 g/mol. The van der Waals surface area contributed by atoms with Crippen molar-refractivity contribution in [2.75, 3.05) is 0 Å². The first kappa shape index (κ1) is 10.2. The lowest BCUT2D eigenvalue weighted by Crippen LogP contribution is -2.01. The molecule has 0 saturated heterocycles. The molecule has 0 saturated carbocycles. The van der Waals surface area contributed by atoms with Crippen LogP contribution in [0.2, 0.25) is 0 Å². The number of halogens is 1. The Bertz CT molecular complexity index is 459. The number of nitrogens with zero attached hydrogens (tertiary/aromatic N) is 1. The lowest BCUT2D eigenvalue weighted by molar-refractivity contribution is 0.111. The molecule has 0 aliphatic heterocycles. The largest absolute Gasteiger partial charge is 0.341 e. The fourth-order valence-electron chi connectivity index (χ4n) is 1.46. The lowest BCUT2D eigenvalue weighted by Gasteiger charge is -2.05. The van der Waals surface area contributed by atoms with Crippen LogP contribution in [-0.4, -0.2) is 10.9 Å². The molecular weight excluding hydrogens is 254 g/mol. The molecule has 0 radical (unpaired) electrons. The molecule has 1 aromatic heterocycles. The minimum atomic E-state index is 0.706. The van der Waals surface area contributed by atoms with Gasteiger partial charge in [0.05, 0.1) is 5.69 Å². The van der Waals surface area contributed by atoms with Crippen molar-refractivity contribution in [1.82, 2.24) is 4.57 Å². The summed E-state index contributed by atoms with van der Waals surface area (Å²) >= 11 is 3.39. The van der Waals surface area contributed by atoms with Gasteiger partial charge in [-0.3, -0.25) is 4.79 Å². The van der Waals surface area contributed by atoms with Gasteiger partial charge in [-0.05, 0) is 29.8 Å². The van der Waals surface area contributed by atoms with Gasteiger partial charge in [0.25, 0.3) is 0 Å². The molecule has 0 spiro atoms. The number of carbonyl (C=O) groups excluding carboxylic acids is 1. The topological polar surface area (TPSA) is 22.0 Å². The summed E-state index contributed by atoms with van der Waals surface area (Å²) in [7, 11) is 0. The Kier molecular flexibility index (Phi) is 3.02. The number of benzene rings is 1. The standard InChI is InChI=1S/C12H10BrNO/c13-11-5-3-10(4-6-11)8-14-7-1-2-12(14)9-15/h1-7,9H,8H2. The highest BCUT2D eigenvalue weighted by molar-refractivity contribution is 9.10. The van der Waals surface area contributed by atoms with E-state index in [0.717, 1.165) is 17.3 Å². The number of aromatic nitrogens is 1. The fourth-order valence-corrected chi connectivity index (χ4v) is 1.73. The van der Waals surface area contributed by atoms with Crippen LogP contribution in [0.4, 0.5) is 0 Å². The van der Waals surface area contributed by atoms with E-state index in [-0.39, 0.29) is 0 Å². The van der Waals surface area contributed by atoms with E-state index in [4.69, 9.17) is 0 Å². The molecule has 0 fully saturated rings. The highest BCUT2D eigenvalue weighted by Gasteiger charge is 1.99. The quantitative estimate of drug-likeness (QED) is 0.781. The first-order valence-electron chi connectivity index (χ1n) is 4.64. The maximum atomic E-state index is 10.7. The van der Waals surface area contributed by atoms with E-state index < -0.39 is 0 Å². The van der Waals surface area contributed by atoms with Crippen molar-refractivity contribution < 1.29 is 4.79 Å². The number of hydrogen-bond acceptors (Lipinski definition) is 1. The van der Waals surface area contributed by atoms with Crippen LogP contribution in [0.1, 0.15) is 16.1 Å². The van der Waals surface area contributed by atoms with Crippen LogP contribution in [0.15, 0.2) is 47.1 Å². The van der Waals surface area contributed by atoms with E-state index in [9.17, 15) is 4.79 Å². The highest BCUT2D eigenvalue weighted by Crippen LogP contribution is 2.12. The van der Waals surface area contributed by atoms with Gasteiger partial charge < -0.3 is 4.57 Å². The number of aldehydes is 1. The van der Waals surface area contributed by atoms with Crippen LogP contribution in [0.25, 0.3) is 0 Å². The molecule has 2 nitrogen and oxygen atoms in total. The number of rotatable bonds is 3. The van der Waals surface area contributed by atoms with Gasteiger partial charge >= 0.3 is 0 Å². The molecule has 0 N–H and O–H groups in total. The average Bonchev–Trinajstić information content (AvgIpc) is 2.69. The fraction of sp³-hybridized carbons (Fsp3) is 0.0833. The van der Waals surface area contributed by atoms with Crippen molar-refractivity contribution in [3.8, 4) is 0 Å². The molecular formula is C12H10BrNO. The van der Waals surface area contributed by atoms with Gasteiger partial charge in [-0.1, -0.05) is 28.1 Å². The van der Waals surface area contributed by atoms with E-state index in [1.807, 2.05) is 47.2 Å². The second kappa shape index (κ2) is 4.45. The first-order valence-corrected chi connectivity index (χ1v) is 5.43. The van der Waals surface area contributed by atoms with E-state index in [2.05, 4.69) is 15.9 Å². The third kappa shape index (κ3) is 2.36. The molecule has 0 aliphatic rings. The van der Waals surface area contributed by atoms with Gasteiger partial charge in [-0.15, -0.1) is 0 Å². The SMILES string of the molecule is O=Cc1cccn1Cc1ccc(Br)cc1. The van der Waals surface area contributed by atoms with Crippen molar-refractivity contribution in [2.24, 2.45) is 0 Å². The summed E-state index contributed by atoms with van der Waals surface area (Å²) in [5.74, 6) is 0. The molecule has 0 amide bonds. The number of hydrogen-bond donors (Lipinski definition) is 0. The first-order chi connectivity index (χ1) is 7.29. The monoisotopic (exact) mass is 263 g/mol. The van der Waals surface area contributed by atoms with E-state index in [1.165, 1.54) is 5.56 Å². The zero-order chi connectivity index (χ0) is 10.7.